The predicted molar refractivity (Wildman–Crippen MR) is 108 cm³/mol. The van der Waals surface area contributed by atoms with Gasteiger partial charge in [0, 0.05) is 11.3 Å². The highest BCUT2D eigenvalue weighted by Gasteiger charge is 2.14. The number of aryl methyl sites for hydroxylation is 2. The Morgan fingerprint density at radius 3 is 2.33 bits per heavy atom. The predicted octanol–water partition coefficient (Wildman–Crippen LogP) is 4.43. The van der Waals surface area contributed by atoms with Crippen LogP contribution in [0.2, 0.25) is 0 Å². The number of nitrogens with zero attached hydrogens (tertiary/aromatic N) is 2. The zero-order valence-corrected chi connectivity index (χ0v) is 16.1. The lowest BCUT2D eigenvalue weighted by Crippen LogP contribution is -2.27. The van der Waals surface area contributed by atoms with Crippen LogP contribution in [-0.4, -0.2) is 15.9 Å². The first-order valence-corrected chi connectivity index (χ1v) is 9.33. The van der Waals surface area contributed by atoms with Crippen LogP contribution < -0.4 is 5.32 Å². The molecule has 0 aliphatic carbocycles. The lowest BCUT2D eigenvalue weighted by molar-refractivity contribution is 0.0939. The van der Waals surface area contributed by atoms with Crippen molar-refractivity contribution in [3.05, 3.63) is 94.6 Å². The molecule has 4 nitrogen and oxygen atoms in total. The first-order chi connectivity index (χ1) is 13.0. The molecule has 4 heteroatoms. The average Bonchev–Trinajstić information content (AvgIpc) is 2.68. The molecule has 0 aliphatic heterocycles. The fraction of sp³-hybridized carbons (Fsp3) is 0.261. The number of rotatable bonds is 6. The van der Waals surface area contributed by atoms with Crippen molar-refractivity contribution in [2.75, 3.05) is 0 Å². The van der Waals surface area contributed by atoms with E-state index in [0.29, 0.717) is 5.56 Å². The zero-order chi connectivity index (χ0) is 19.2. The van der Waals surface area contributed by atoms with Crippen LogP contribution in [0.1, 0.15) is 58.6 Å². The Kier molecular flexibility index (Phi) is 5.97. The van der Waals surface area contributed by atoms with E-state index in [1.165, 1.54) is 11.1 Å². The summed E-state index contributed by atoms with van der Waals surface area (Å²) in [5.74, 6) is 0.638. The van der Waals surface area contributed by atoms with Gasteiger partial charge in [-0.2, -0.15) is 0 Å². The molecular weight excluding hydrogens is 334 g/mol. The summed E-state index contributed by atoms with van der Waals surface area (Å²) in [4.78, 5) is 21.4. The summed E-state index contributed by atoms with van der Waals surface area (Å²) in [7, 11) is 0. The average molecular weight is 359 g/mol. The van der Waals surface area contributed by atoms with Gasteiger partial charge in [-0.1, -0.05) is 49.4 Å². The zero-order valence-electron chi connectivity index (χ0n) is 16.1. The minimum Gasteiger partial charge on any atom is -0.344 e. The number of nitrogens with one attached hydrogen (secondary N) is 1. The molecule has 1 unspecified atom stereocenters. The third-order valence-corrected chi connectivity index (χ3v) is 4.53. The number of amides is 1. The fourth-order valence-corrected chi connectivity index (χ4v) is 3.02. The first kappa shape index (κ1) is 18.8. The van der Waals surface area contributed by atoms with Gasteiger partial charge in [0.25, 0.3) is 5.91 Å². The van der Waals surface area contributed by atoms with Gasteiger partial charge in [0.05, 0.1) is 11.7 Å². The summed E-state index contributed by atoms with van der Waals surface area (Å²) < 4.78 is 0. The second kappa shape index (κ2) is 8.58. The van der Waals surface area contributed by atoms with Gasteiger partial charge in [0.1, 0.15) is 5.82 Å². The third-order valence-electron chi connectivity index (χ3n) is 4.53. The standard InChI is InChI=1S/C23H25N3O/c1-4-21-15-22(26-17(3)25-21)16(2)24-23(27)20-12-10-19(11-13-20)14-18-8-6-5-7-9-18/h5-13,15-16H,4,14H2,1-3H3,(H,24,27). The smallest absolute Gasteiger partial charge is 0.251 e. The highest BCUT2D eigenvalue weighted by molar-refractivity contribution is 5.94. The number of benzene rings is 2. The van der Waals surface area contributed by atoms with Gasteiger partial charge in [0.15, 0.2) is 0 Å². The minimum absolute atomic E-state index is 0.0944. The molecule has 1 amide bonds. The molecule has 1 heterocycles. The van der Waals surface area contributed by atoms with Crippen LogP contribution in [0.15, 0.2) is 60.7 Å². The van der Waals surface area contributed by atoms with E-state index < -0.39 is 0 Å². The van der Waals surface area contributed by atoms with Crippen LogP contribution in [0.25, 0.3) is 0 Å². The van der Waals surface area contributed by atoms with Crippen LogP contribution in [0, 0.1) is 6.92 Å². The molecule has 0 saturated carbocycles. The second-order valence-corrected chi connectivity index (χ2v) is 6.74. The Hall–Kier alpha value is -3.01. The van der Waals surface area contributed by atoms with Crippen molar-refractivity contribution in [3.63, 3.8) is 0 Å². The lowest BCUT2D eigenvalue weighted by atomic mass is 10.0. The van der Waals surface area contributed by atoms with Crippen molar-refractivity contribution < 1.29 is 4.79 Å². The van der Waals surface area contributed by atoms with E-state index >= 15 is 0 Å². The van der Waals surface area contributed by atoms with Gasteiger partial charge in [0.2, 0.25) is 0 Å². The maximum Gasteiger partial charge on any atom is 0.251 e. The quantitative estimate of drug-likeness (QED) is 0.708. The molecule has 2 aromatic carbocycles. The van der Waals surface area contributed by atoms with Crippen molar-refractivity contribution in [2.45, 2.75) is 39.7 Å². The van der Waals surface area contributed by atoms with Crippen LogP contribution in [0.5, 0.6) is 0 Å². The van der Waals surface area contributed by atoms with Gasteiger partial charge in [-0.3, -0.25) is 4.79 Å². The Morgan fingerprint density at radius 1 is 1.00 bits per heavy atom. The summed E-state index contributed by atoms with van der Waals surface area (Å²) >= 11 is 0. The molecule has 0 bridgehead atoms. The number of carbonyl (C=O) groups excluding carboxylic acids is 1. The molecule has 1 aromatic heterocycles. The van der Waals surface area contributed by atoms with Crippen molar-refractivity contribution >= 4 is 5.91 Å². The van der Waals surface area contributed by atoms with E-state index in [-0.39, 0.29) is 11.9 Å². The Bertz CT molecular complexity index is 905. The Morgan fingerprint density at radius 2 is 1.67 bits per heavy atom. The largest absolute Gasteiger partial charge is 0.344 e. The SMILES string of the molecule is CCc1cc(C(C)NC(=O)c2ccc(Cc3ccccc3)cc2)nc(C)n1. The van der Waals surface area contributed by atoms with Gasteiger partial charge >= 0.3 is 0 Å². The molecule has 3 rings (SSSR count). The molecule has 0 saturated heterocycles. The van der Waals surface area contributed by atoms with Gasteiger partial charge in [-0.15, -0.1) is 0 Å². The summed E-state index contributed by atoms with van der Waals surface area (Å²) in [6.45, 7) is 5.89. The third kappa shape index (κ3) is 5.00. The van der Waals surface area contributed by atoms with Crippen molar-refractivity contribution in [1.82, 2.24) is 15.3 Å². The normalized spacial score (nSPS) is 11.8. The summed E-state index contributed by atoms with van der Waals surface area (Å²) in [6.07, 6.45) is 1.71. The highest BCUT2D eigenvalue weighted by atomic mass is 16.1. The van der Waals surface area contributed by atoms with E-state index in [1.54, 1.807) is 0 Å². The first-order valence-electron chi connectivity index (χ1n) is 9.33. The molecule has 0 fully saturated rings. The number of carbonyl (C=O) groups is 1. The molecule has 138 valence electrons. The van der Waals surface area contributed by atoms with Gasteiger partial charge in [-0.25, -0.2) is 9.97 Å². The Balaban J connectivity index is 1.66. The van der Waals surface area contributed by atoms with Crippen LogP contribution in [-0.2, 0) is 12.8 Å². The molecular formula is C23H25N3O. The number of aromatic nitrogens is 2. The molecule has 0 radical (unpaired) electrons. The van der Waals surface area contributed by atoms with Crippen LogP contribution in [0.3, 0.4) is 0 Å². The van der Waals surface area contributed by atoms with Gasteiger partial charge in [-0.05, 0) is 56.0 Å². The fourth-order valence-electron chi connectivity index (χ4n) is 3.02. The van der Waals surface area contributed by atoms with Gasteiger partial charge < -0.3 is 5.32 Å². The summed E-state index contributed by atoms with van der Waals surface area (Å²) in [6, 6.07) is 19.9. The minimum atomic E-state index is -0.173. The molecule has 0 aliphatic rings. The maximum absolute atomic E-state index is 12.6. The lowest BCUT2D eigenvalue weighted by Gasteiger charge is -2.15. The summed E-state index contributed by atoms with van der Waals surface area (Å²) in [5, 5.41) is 3.03. The highest BCUT2D eigenvalue weighted by Crippen LogP contribution is 2.14. The summed E-state index contributed by atoms with van der Waals surface area (Å²) in [5.41, 5.74) is 4.93. The van der Waals surface area contributed by atoms with Crippen LogP contribution >= 0.6 is 0 Å². The molecule has 0 spiro atoms. The maximum atomic E-state index is 12.6. The Labute approximate surface area is 160 Å². The van der Waals surface area contributed by atoms with Crippen LogP contribution in [0.4, 0.5) is 0 Å². The second-order valence-electron chi connectivity index (χ2n) is 6.74. The monoisotopic (exact) mass is 359 g/mol. The topological polar surface area (TPSA) is 54.9 Å². The number of hydrogen-bond acceptors (Lipinski definition) is 3. The number of hydrogen-bond donors (Lipinski definition) is 1. The molecule has 3 aromatic rings. The van der Waals surface area contributed by atoms with Crippen molar-refractivity contribution in [1.29, 1.82) is 0 Å². The van der Waals surface area contributed by atoms with Crippen molar-refractivity contribution in [2.24, 2.45) is 0 Å². The molecule has 1 atom stereocenters. The van der Waals surface area contributed by atoms with E-state index in [1.807, 2.05) is 62.4 Å². The van der Waals surface area contributed by atoms with E-state index in [0.717, 1.165) is 30.1 Å². The van der Waals surface area contributed by atoms with E-state index in [9.17, 15) is 4.79 Å². The molecule has 1 N–H and O–H groups in total. The van der Waals surface area contributed by atoms with E-state index in [2.05, 4.69) is 34.3 Å². The van der Waals surface area contributed by atoms with E-state index in [4.69, 9.17) is 0 Å². The van der Waals surface area contributed by atoms with Crippen molar-refractivity contribution in [3.8, 4) is 0 Å². The molecule has 27 heavy (non-hydrogen) atoms.